The largest absolute Gasteiger partial charge is 0.397 e. The summed E-state index contributed by atoms with van der Waals surface area (Å²) in [6, 6.07) is 44.7. The SMILES string of the molecule is Nc1c(-c2c(N)n(-c3ccc(-c4nc(-c5ccccc5)nc(-c5ccccc5)n4)cc3)c3ccccc23)sc2ccccc12. The monoisotopic (exact) mass is 586 g/mol. The van der Waals surface area contributed by atoms with Gasteiger partial charge in [0.05, 0.1) is 16.1 Å². The minimum absolute atomic E-state index is 0.605. The van der Waals surface area contributed by atoms with Crippen LogP contribution in [0, 0.1) is 0 Å². The minimum atomic E-state index is 0.605. The Labute approximate surface area is 257 Å². The van der Waals surface area contributed by atoms with Crippen LogP contribution in [-0.2, 0) is 0 Å². The van der Waals surface area contributed by atoms with E-state index in [4.69, 9.17) is 26.4 Å². The van der Waals surface area contributed by atoms with Gasteiger partial charge in [-0.2, -0.15) is 0 Å². The molecule has 0 saturated heterocycles. The smallest absolute Gasteiger partial charge is 0.164 e. The van der Waals surface area contributed by atoms with Crippen molar-refractivity contribution < 1.29 is 0 Å². The highest BCUT2D eigenvalue weighted by atomic mass is 32.1. The Morgan fingerprint density at radius 1 is 0.500 bits per heavy atom. The second-order valence-electron chi connectivity index (χ2n) is 10.5. The number of rotatable bonds is 5. The lowest BCUT2D eigenvalue weighted by molar-refractivity contribution is 1.07. The topological polar surface area (TPSA) is 95.6 Å². The summed E-state index contributed by atoms with van der Waals surface area (Å²) in [6.45, 7) is 0. The number of thiophene rings is 1. The average molecular weight is 587 g/mol. The zero-order valence-corrected chi connectivity index (χ0v) is 24.4. The van der Waals surface area contributed by atoms with E-state index in [0.717, 1.165) is 59.5 Å². The molecule has 0 fully saturated rings. The molecule has 5 aromatic carbocycles. The van der Waals surface area contributed by atoms with Crippen LogP contribution in [0.2, 0.25) is 0 Å². The molecule has 210 valence electrons. The lowest BCUT2D eigenvalue weighted by Gasteiger charge is -2.11. The molecule has 8 aromatic rings. The molecule has 0 aliphatic carbocycles. The Hall–Kier alpha value is -5.79. The molecule has 44 heavy (non-hydrogen) atoms. The summed E-state index contributed by atoms with van der Waals surface area (Å²) in [5, 5.41) is 2.11. The van der Waals surface area contributed by atoms with Gasteiger partial charge < -0.3 is 11.5 Å². The molecule has 3 heterocycles. The van der Waals surface area contributed by atoms with Gasteiger partial charge in [0.15, 0.2) is 17.5 Å². The van der Waals surface area contributed by atoms with E-state index >= 15 is 0 Å². The summed E-state index contributed by atoms with van der Waals surface area (Å²) in [6.07, 6.45) is 0. The van der Waals surface area contributed by atoms with Gasteiger partial charge >= 0.3 is 0 Å². The van der Waals surface area contributed by atoms with Crippen LogP contribution in [0.3, 0.4) is 0 Å². The van der Waals surface area contributed by atoms with Gasteiger partial charge in [0, 0.05) is 43.4 Å². The third-order valence-electron chi connectivity index (χ3n) is 7.86. The van der Waals surface area contributed by atoms with Crippen LogP contribution in [0.4, 0.5) is 11.5 Å². The van der Waals surface area contributed by atoms with Gasteiger partial charge in [0.25, 0.3) is 0 Å². The first-order chi connectivity index (χ1) is 21.7. The number of nitrogens with zero attached hydrogens (tertiary/aromatic N) is 4. The molecule has 0 amide bonds. The molecule has 0 radical (unpaired) electrons. The van der Waals surface area contributed by atoms with Gasteiger partial charge in [0.1, 0.15) is 5.82 Å². The summed E-state index contributed by atoms with van der Waals surface area (Å²) in [5.41, 5.74) is 20.1. The summed E-state index contributed by atoms with van der Waals surface area (Å²) in [5.74, 6) is 2.51. The van der Waals surface area contributed by atoms with E-state index in [2.05, 4.69) is 41.0 Å². The van der Waals surface area contributed by atoms with E-state index in [1.54, 1.807) is 11.3 Å². The number of para-hydroxylation sites is 1. The summed E-state index contributed by atoms with van der Waals surface area (Å²) >= 11 is 1.67. The van der Waals surface area contributed by atoms with Crippen molar-refractivity contribution in [2.45, 2.75) is 0 Å². The number of nitrogen functional groups attached to an aromatic ring is 2. The molecule has 3 aromatic heterocycles. The van der Waals surface area contributed by atoms with Crippen LogP contribution < -0.4 is 11.5 Å². The molecular formula is C37H26N6S. The van der Waals surface area contributed by atoms with E-state index in [-0.39, 0.29) is 0 Å². The van der Waals surface area contributed by atoms with Gasteiger partial charge in [-0.3, -0.25) is 4.57 Å². The van der Waals surface area contributed by atoms with Crippen molar-refractivity contribution >= 4 is 43.8 Å². The molecule has 6 nitrogen and oxygen atoms in total. The van der Waals surface area contributed by atoms with Gasteiger partial charge in [-0.05, 0) is 36.4 Å². The molecule has 8 rings (SSSR count). The molecule has 0 unspecified atom stereocenters. The number of aromatic nitrogens is 4. The van der Waals surface area contributed by atoms with E-state index in [1.165, 1.54) is 0 Å². The summed E-state index contributed by atoms with van der Waals surface area (Å²) in [7, 11) is 0. The van der Waals surface area contributed by atoms with Crippen molar-refractivity contribution in [3.8, 4) is 50.3 Å². The van der Waals surface area contributed by atoms with Gasteiger partial charge in [-0.1, -0.05) is 97.1 Å². The first-order valence-corrected chi connectivity index (χ1v) is 15.1. The molecule has 0 atom stereocenters. The van der Waals surface area contributed by atoms with E-state index in [9.17, 15) is 0 Å². The number of hydrogen-bond acceptors (Lipinski definition) is 6. The van der Waals surface area contributed by atoms with E-state index < -0.39 is 0 Å². The quantitative estimate of drug-likeness (QED) is 0.210. The Morgan fingerprint density at radius 3 is 1.59 bits per heavy atom. The first kappa shape index (κ1) is 25.9. The Balaban J connectivity index is 1.25. The highest BCUT2D eigenvalue weighted by Crippen LogP contribution is 2.47. The van der Waals surface area contributed by atoms with Crippen LogP contribution in [0.25, 0.3) is 71.3 Å². The maximum Gasteiger partial charge on any atom is 0.164 e. The van der Waals surface area contributed by atoms with Crippen molar-refractivity contribution in [2.24, 2.45) is 0 Å². The summed E-state index contributed by atoms with van der Waals surface area (Å²) < 4.78 is 3.24. The molecule has 0 spiro atoms. The second-order valence-corrected chi connectivity index (χ2v) is 11.6. The van der Waals surface area contributed by atoms with E-state index in [0.29, 0.717) is 23.3 Å². The molecule has 0 aliphatic heterocycles. The highest BCUT2D eigenvalue weighted by molar-refractivity contribution is 7.23. The van der Waals surface area contributed by atoms with Crippen molar-refractivity contribution in [2.75, 3.05) is 11.5 Å². The fraction of sp³-hybridized carbons (Fsp3) is 0. The van der Waals surface area contributed by atoms with Crippen molar-refractivity contribution in [1.29, 1.82) is 0 Å². The number of fused-ring (bicyclic) bond motifs is 2. The van der Waals surface area contributed by atoms with Crippen molar-refractivity contribution in [3.63, 3.8) is 0 Å². The van der Waals surface area contributed by atoms with Gasteiger partial charge in [-0.15, -0.1) is 11.3 Å². The number of hydrogen-bond donors (Lipinski definition) is 2. The predicted octanol–water partition coefficient (Wildman–Crippen LogP) is 8.86. The number of benzene rings is 5. The highest BCUT2D eigenvalue weighted by Gasteiger charge is 2.22. The number of anilines is 2. The van der Waals surface area contributed by atoms with Crippen molar-refractivity contribution in [3.05, 3.63) is 133 Å². The molecule has 4 N–H and O–H groups in total. The molecular weight excluding hydrogens is 561 g/mol. The lowest BCUT2D eigenvalue weighted by atomic mass is 10.1. The second kappa shape index (κ2) is 10.5. The molecule has 0 bridgehead atoms. The van der Waals surface area contributed by atoms with Crippen LogP contribution in [0.5, 0.6) is 0 Å². The first-order valence-electron chi connectivity index (χ1n) is 14.3. The van der Waals surface area contributed by atoms with Crippen molar-refractivity contribution in [1.82, 2.24) is 19.5 Å². The fourth-order valence-corrected chi connectivity index (χ4v) is 6.92. The number of nitrogens with two attached hydrogens (primary N) is 2. The Morgan fingerprint density at radius 2 is 1.00 bits per heavy atom. The van der Waals surface area contributed by atoms with Crippen LogP contribution >= 0.6 is 11.3 Å². The zero-order valence-electron chi connectivity index (χ0n) is 23.6. The minimum Gasteiger partial charge on any atom is -0.397 e. The van der Waals surface area contributed by atoms with Crippen LogP contribution in [0.15, 0.2) is 133 Å². The predicted molar refractivity (Wildman–Crippen MR) is 183 cm³/mol. The van der Waals surface area contributed by atoms with Crippen LogP contribution in [-0.4, -0.2) is 19.5 Å². The third kappa shape index (κ3) is 4.30. The Kier molecular flexibility index (Phi) is 6.17. The lowest BCUT2D eigenvalue weighted by Crippen LogP contribution is -2.02. The zero-order chi connectivity index (χ0) is 29.6. The van der Waals surface area contributed by atoms with Gasteiger partial charge in [0.2, 0.25) is 0 Å². The standard InChI is InChI=1S/C37H26N6S/c38-32-28-16-8-10-18-30(28)44-33(32)31-27-15-7-9-17-29(27)43(34(31)39)26-21-19-25(20-22-26)37-41-35(23-11-3-1-4-12-23)40-36(42-37)24-13-5-2-6-14-24/h1-22H,38-39H2. The molecule has 0 saturated carbocycles. The normalized spacial score (nSPS) is 11.4. The molecule has 7 heteroatoms. The average Bonchev–Trinajstić information content (AvgIpc) is 3.57. The maximum atomic E-state index is 6.97. The van der Waals surface area contributed by atoms with Crippen LogP contribution in [0.1, 0.15) is 0 Å². The van der Waals surface area contributed by atoms with E-state index in [1.807, 2.05) is 97.1 Å². The summed E-state index contributed by atoms with van der Waals surface area (Å²) in [4.78, 5) is 15.6. The third-order valence-corrected chi connectivity index (χ3v) is 9.06. The maximum absolute atomic E-state index is 6.97. The fourth-order valence-electron chi connectivity index (χ4n) is 5.72. The molecule has 0 aliphatic rings. The Bertz CT molecular complexity index is 2230. The van der Waals surface area contributed by atoms with Gasteiger partial charge in [-0.25, -0.2) is 15.0 Å².